The van der Waals surface area contributed by atoms with E-state index in [0.29, 0.717) is 22.2 Å². The van der Waals surface area contributed by atoms with Gasteiger partial charge in [0.25, 0.3) is 5.89 Å². The summed E-state index contributed by atoms with van der Waals surface area (Å²) in [6, 6.07) is 3.36. The number of pyridine rings is 1. The van der Waals surface area contributed by atoms with E-state index >= 15 is 0 Å². The molecular weight excluding hydrogens is 344 g/mol. The maximum atomic E-state index is 12.3. The highest BCUT2D eigenvalue weighted by molar-refractivity contribution is 7.98. The highest BCUT2D eigenvalue weighted by Crippen LogP contribution is 2.27. The van der Waals surface area contributed by atoms with Gasteiger partial charge in [0.1, 0.15) is 10.8 Å². The van der Waals surface area contributed by atoms with Crippen molar-refractivity contribution in [3.63, 3.8) is 0 Å². The number of carbonyl (C=O) groups excluding carboxylic acids is 1. The Morgan fingerprint density at radius 3 is 2.76 bits per heavy atom. The topological polar surface area (TPSA) is 104 Å². The average molecular weight is 360 g/mol. The Morgan fingerprint density at radius 2 is 2.08 bits per heavy atom. The number of carbonyl (C=O) groups is 1. The first kappa shape index (κ1) is 17.2. The highest BCUT2D eigenvalue weighted by Gasteiger charge is 2.17. The van der Waals surface area contributed by atoms with E-state index in [1.165, 1.54) is 11.8 Å². The van der Waals surface area contributed by atoms with E-state index in [9.17, 15) is 4.79 Å². The second-order valence-electron chi connectivity index (χ2n) is 5.26. The van der Waals surface area contributed by atoms with Crippen molar-refractivity contribution in [3.05, 3.63) is 52.6 Å². The van der Waals surface area contributed by atoms with Crippen molar-refractivity contribution in [2.45, 2.75) is 38.2 Å². The summed E-state index contributed by atoms with van der Waals surface area (Å²) in [5.74, 6) is 1.60. The predicted octanol–water partition coefficient (Wildman–Crippen LogP) is 3.03. The van der Waals surface area contributed by atoms with Crippen LogP contribution in [0.4, 0.5) is 0 Å². The van der Waals surface area contributed by atoms with Crippen molar-refractivity contribution in [1.82, 2.24) is 20.3 Å². The van der Waals surface area contributed by atoms with Gasteiger partial charge in [0.05, 0.1) is 11.3 Å². The summed E-state index contributed by atoms with van der Waals surface area (Å²) in [6.45, 7) is 5.35. The molecule has 0 unspecified atom stereocenters. The SMILES string of the molecule is Cc1noc(COC(=O)c2cccnc2SCc2c(C)noc2C)n1. The lowest BCUT2D eigenvalue weighted by Crippen LogP contribution is -2.08. The molecule has 0 fully saturated rings. The second kappa shape index (κ2) is 7.47. The van der Waals surface area contributed by atoms with E-state index in [2.05, 4.69) is 20.3 Å². The van der Waals surface area contributed by atoms with E-state index in [1.54, 1.807) is 25.3 Å². The molecule has 0 saturated heterocycles. The monoisotopic (exact) mass is 360 g/mol. The lowest BCUT2D eigenvalue weighted by molar-refractivity contribution is 0.0424. The predicted molar refractivity (Wildman–Crippen MR) is 87.9 cm³/mol. The van der Waals surface area contributed by atoms with Crippen LogP contribution in [-0.4, -0.2) is 26.3 Å². The normalized spacial score (nSPS) is 10.8. The summed E-state index contributed by atoms with van der Waals surface area (Å²) >= 11 is 1.42. The number of hydrogen-bond acceptors (Lipinski definition) is 9. The summed E-state index contributed by atoms with van der Waals surface area (Å²) in [4.78, 5) is 20.6. The molecule has 3 aromatic heterocycles. The van der Waals surface area contributed by atoms with Crippen LogP contribution in [0, 0.1) is 20.8 Å². The largest absolute Gasteiger partial charge is 0.452 e. The van der Waals surface area contributed by atoms with E-state index in [-0.39, 0.29) is 12.5 Å². The van der Waals surface area contributed by atoms with Crippen molar-refractivity contribution in [1.29, 1.82) is 0 Å². The summed E-state index contributed by atoms with van der Waals surface area (Å²) in [7, 11) is 0. The third-order valence-electron chi connectivity index (χ3n) is 3.42. The van der Waals surface area contributed by atoms with E-state index in [4.69, 9.17) is 13.8 Å². The Morgan fingerprint density at radius 1 is 1.24 bits per heavy atom. The lowest BCUT2D eigenvalue weighted by atomic mass is 10.2. The highest BCUT2D eigenvalue weighted by atomic mass is 32.2. The fourth-order valence-corrected chi connectivity index (χ4v) is 3.25. The molecular formula is C16H16N4O4S. The fraction of sp³-hybridized carbons (Fsp3) is 0.312. The fourth-order valence-electron chi connectivity index (χ4n) is 2.11. The molecule has 3 rings (SSSR count). The lowest BCUT2D eigenvalue weighted by Gasteiger charge is -2.07. The standard InChI is InChI=1S/C16H16N4O4S/c1-9-13(10(2)23-19-9)8-25-15-12(5-4-6-17-15)16(21)22-7-14-18-11(3)20-24-14/h4-6H,7-8H2,1-3H3. The first-order valence-electron chi connectivity index (χ1n) is 7.50. The Labute approximate surface area is 148 Å². The Kier molecular flexibility index (Phi) is 5.13. The minimum atomic E-state index is -0.495. The van der Waals surface area contributed by atoms with Crippen molar-refractivity contribution in [2.75, 3.05) is 0 Å². The van der Waals surface area contributed by atoms with E-state index < -0.39 is 5.97 Å². The average Bonchev–Trinajstić information content (AvgIpc) is 3.17. The molecule has 0 saturated carbocycles. The molecule has 0 amide bonds. The molecule has 3 aromatic rings. The third-order valence-corrected chi connectivity index (χ3v) is 4.45. The van der Waals surface area contributed by atoms with Crippen LogP contribution in [0.2, 0.25) is 0 Å². The van der Waals surface area contributed by atoms with Crippen molar-refractivity contribution < 1.29 is 18.6 Å². The van der Waals surface area contributed by atoms with Gasteiger partial charge in [0.2, 0.25) is 0 Å². The molecule has 0 aliphatic carbocycles. The molecule has 3 heterocycles. The van der Waals surface area contributed by atoms with Crippen LogP contribution in [0.1, 0.15) is 39.1 Å². The van der Waals surface area contributed by atoms with Crippen LogP contribution in [-0.2, 0) is 17.1 Å². The molecule has 0 aromatic carbocycles. The van der Waals surface area contributed by atoms with Gasteiger partial charge in [-0.2, -0.15) is 4.98 Å². The van der Waals surface area contributed by atoms with Gasteiger partial charge >= 0.3 is 5.97 Å². The second-order valence-corrected chi connectivity index (χ2v) is 6.22. The third kappa shape index (κ3) is 4.05. The van der Waals surface area contributed by atoms with Gasteiger partial charge in [-0.05, 0) is 32.9 Å². The maximum Gasteiger partial charge on any atom is 0.341 e. The zero-order valence-electron chi connectivity index (χ0n) is 14.0. The van der Waals surface area contributed by atoms with Crippen LogP contribution in [0.25, 0.3) is 0 Å². The Hall–Kier alpha value is -2.68. The quantitative estimate of drug-likeness (QED) is 0.484. The van der Waals surface area contributed by atoms with E-state index in [0.717, 1.165) is 17.0 Å². The molecule has 0 aliphatic rings. The van der Waals surface area contributed by atoms with E-state index in [1.807, 2.05) is 13.8 Å². The van der Waals surface area contributed by atoms with Crippen LogP contribution in [0.3, 0.4) is 0 Å². The number of nitrogens with zero attached hydrogens (tertiary/aromatic N) is 4. The minimum Gasteiger partial charge on any atom is -0.452 e. The van der Waals surface area contributed by atoms with Crippen LogP contribution in [0.15, 0.2) is 32.4 Å². The maximum absolute atomic E-state index is 12.3. The van der Waals surface area contributed by atoms with Crippen LogP contribution < -0.4 is 0 Å². The number of ether oxygens (including phenoxy) is 1. The molecule has 0 spiro atoms. The van der Waals surface area contributed by atoms with Crippen LogP contribution in [0.5, 0.6) is 0 Å². The van der Waals surface area contributed by atoms with Gasteiger partial charge in [-0.1, -0.05) is 10.3 Å². The van der Waals surface area contributed by atoms with Gasteiger partial charge in [0.15, 0.2) is 12.4 Å². The molecule has 25 heavy (non-hydrogen) atoms. The molecule has 0 bridgehead atoms. The van der Waals surface area contributed by atoms with Gasteiger partial charge < -0.3 is 13.8 Å². The molecule has 8 nitrogen and oxygen atoms in total. The molecule has 130 valence electrons. The molecule has 9 heteroatoms. The number of thioether (sulfide) groups is 1. The van der Waals surface area contributed by atoms with Gasteiger partial charge in [-0.3, -0.25) is 0 Å². The Bertz CT molecular complexity index is 870. The smallest absolute Gasteiger partial charge is 0.341 e. The molecule has 0 atom stereocenters. The zero-order chi connectivity index (χ0) is 17.8. The number of esters is 1. The number of rotatable bonds is 6. The van der Waals surface area contributed by atoms with Crippen molar-refractivity contribution >= 4 is 17.7 Å². The summed E-state index contributed by atoms with van der Waals surface area (Å²) in [6.07, 6.45) is 1.63. The molecule has 0 aliphatic heterocycles. The Balaban J connectivity index is 1.68. The minimum absolute atomic E-state index is 0.0808. The summed E-state index contributed by atoms with van der Waals surface area (Å²) in [5, 5.41) is 8.16. The number of aromatic nitrogens is 4. The van der Waals surface area contributed by atoms with Crippen molar-refractivity contribution in [3.8, 4) is 0 Å². The van der Waals surface area contributed by atoms with Crippen molar-refractivity contribution in [2.24, 2.45) is 0 Å². The molecule has 0 radical (unpaired) electrons. The van der Waals surface area contributed by atoms with Crippen LogP contribution >= 0.6 is 11.8 Å². The number of aryl methyl sites for hydroxylation is 3. The summed E-state index contributed by atoms with van der Waals surface area (Å²) < 4.78 is 15.3. The first-order valence-corrected chi connectivity index (χ1v) is 8.49. The number of hydrogen-bond donors (Lipinski definition) is 0. The first-order chi connectivity index (χ1) is 12.0. The van der Waals surface area contributed by atoms with Gasteiger partial charge in [-0.15, -0.1) is 11.8 Å². The van der Waals surface area contributed by atoms with Gasteiger partial charge in [0, 0.05) is 17.5 Å². The zero-order valence-corrected chi connectivity index (χ0v) is 14.8. The van der Waals surface area contributed by atoms with Gasteiger partial charge in [-0.25, -0.2) is 9.78 Å². The molecule has 0 N–H and O–H groups in total. The summed E-state index contributed by atoms with van der Waals surface area (Å²) in [5.41, 5.74) is 2.21.